The molecular formula is C13H15ClN4. The first-order valence-corrected chi connectivity index (χ1v) is 6.12. The largest absolute Gasteiger partial charge is 0.375 e. The molecular weight excluding hydrogens is 248 g/mol. The van der Waals surface area contributed by atoms with Gasteiger partial charge < -0.3 is 5.32 Å². The first-order chi connectivity index (χ1) is 8.58. The highest BCUT2D eigenvalue weighted by Gasteiger charge is 2.11. The third kappa shape index (κ3) is 2.76. The number of hydrogen-bond acceptors (Lipinski definition) is 4. The molecule has 94 valence electrons. The molecule has 0 aliphatic rings. The number of halogens is 1. The summed E-state index contributed by atoms with van der Waals surface area (Å²) in [5, 5.41) is 3.87. The molecule has 1 atom stereocenters. The van der Waals surface area contributed by atoms with Gasteiger partial charge in [0.15, 0.2) is 0 Å². The third-order valence-corrected chi connectivity index (χ3v) is 2.99. The number of nitrogens with one attached hydrogen (secondary N) is 1. The highest BCUT2D eigenvalue weighted by Crippen LogP contribution is 2.22. The molecule has 0 bridgehead atoms. The lowest BCUT2D eigenvalue weighted by Gasteiger charge is -2.17. The van der Waals surface area contributed by atoms with Crippen LogP contribution in [0.1, 0.15) is 29.9 Å². The van der Waals surface area contributed by atoms with Gasteiger partial charge in [0, 0.05) is 12.4 Å². The van der Waals surface area contributed by atoms with Gasteiger partial charge in [-0.05, 0) is 32.4 Å². The Balaban J connectivity index is 2.21. The van der Waals surface area contributed by atoms with E-state index in [1.165, 1.54) is 0 Å². The van der Waals surface area contributed by atoms with E-state index >= 15 is 0 Å². The first-order valence-electron chi connectivity index (χ1n) is 5.74. The van der Waals surface area contributed by atoms with Crippen LogP contribution in [0.25, 0.3) is 0 Å². The van der Waals surface area contributed by atoms with Crippen LogP contribution in [0.4, 0.5) is 5.69 Å². The number of aromatic nitrogens is 3. The number of anilines is 1. The van der Waals surface area contributed by atoms with E-state index in [0.29, 0.717) is 5.15 Å². The minimum Gasteiger partial charge on any atom is -0.375 e. The van der Waals surface area contributed by atoms with Crippen molar-refractivity contribution in [2.24, 2.45) is 0 Å². The summed E-state index contributed by atoms with van der Waals surface area (Å²) in [5.74, 6) is 0. The van der Waals surface area contributed by atoms with Crippen LogP contribution in [-0.2, 0) is 0 Å². The molecule has 0 radical (unpaired) electrons. The van der Waals surface area contributed by atoms with Gasteiger partial charge in [-0.15, -0.1) is 0 Å². The van der Waals surface area contributed by atoms with E-state index in [9.17, 15) is 0 Å². The maximum absolute atomic E-state index is 5.83. The number of rotatable bonds is 3. The van der Waals surface area contributed by atoms with Gasteiger partial charge in [-0.1, -0.05) is 11.6 Å². The molecule has 1 unspecified atom stereocenters. The second-order valence-electron chi connectivity index (χ2n) is 4.21. The van der Waals surface area contributed by atoms with Crippen molar-refractivity contribution in [3.63, 3.8) is 0 Å². The number of aryl methyl sites for hydroxylation is 2. The monoisotopic (exact) mass is 262 g/mol. The highest BCUT2D eigenvalue weighted by molar-refractivity contribution is 6.29. The molecule has 0 aromatic carbocycles. The molecule has 2 aromatic rings. The van der Waals surface area contributed by atoms with Crippen molar-refractivity contribution in [2.45, 2.75) is 26.8 Å². The molecule has 2 rings (SSSR count). The van der Waals surface area contributed by atoms with Crippen LogP contribution in [0.5, 0.6) is 0 Å². The fourth-order valence-corrected chi connectivity index (χ4v) is 2.03. The van der Waals surface area contributed by atoms with E-state index < -0.39 is 0 Å². The molecule has 0 saturated heterocycles. The Morgan fingerprint density at radius 2 is 1.89 bits per heavy atom. The van der Waals surface area contributed by atoms with Crippen LogP contribution < -0.4 is 5.32 Å². The Morgan fingerprint density at radius 3 is 2.56 bits per heavy atom. The van der Waals surface area contributed by atoms with Gasteiger partial charge in [0.05, 0.1) is 29.3 Å². The maximum atomic E-state index is 5.83. The maximum Gasteiger partial charge on any atom is 0.129 e. The second-order valence-corrected chi connectivity index (χ2v) is 4.60. The molecule has 4 nitrogen and oxygen atoms in total. The molecule has 0 aliphatic carbocycles. The molecule has 18 heavy (non-hydrogen) atoms. The Morgan fingerprint density at radius 1 is 1.17 bits per heavy atom. The Kier molecular flexibility index (Phi) is 3.77. The van der Waals surface area contributed by atoms with Crippen molar-refractivity contribution in [3.05, 3.63) is 46.8 Å². The standard InChI is InChI=1S/C13H15ClN4/c1-8-6-12(14)17-7-11(8)18-10(3)13-9(2)15-4-5-16-13/h4-7,10,18H,1-3H3. The van der Waals surface area contributed by atoms with Crippen LogP contribution in [0, 0.1) is 13.8 Å². The number of hydrogen-bond donors (Lipinski definition) is 1. The minimum atomic E-state index is 0.0698. The molecule has 2 heterocycles. The number of nitrogens with zero attached hydrogens (tertiary/aromatic N) is 3. The van der Waals surface area contributed by atoms with Crippen molar-refractivity contribution in [1.82, 2.24) is 15.0 Å². The van der Waals surface area contributed by atoms with Crippen molar-refractivity contribution in [1.29, 1.82) is 0 Å². The third-order valence-electron chi connectivity index (χ3n) is 2.78. The van der Waals surface area contributed by atoms with Gasteiger partial charge in [-0.25, -0.2) is 4.98 Å². The topological polar surface area (TPSA) is 50.7 Å². The average Bonchev–Trinajstić information content (AvgIpc) is 2.33. The van der Waals surface area contributed by atoms with Gasteiger partial charge in [0.25, 0.3) is 0 Å². The molecule has 0 amide bonds. The molecule has 0 saturated carbocycles. The van der Waals surface area contributed by atoms with E-state index in [1.54, 1.807) is 18.6 Å². The SMILES string of the molecule is Cc1cc(Cl)ncc1NC(C)c1nccnc1C. The summed E-state index contributed by atoms with van der Waals surface area (Å²) >= 11 is 5.83. The molecule has 0 spiro atoms. The zero-order chi connectivity index (χ0) is 13.1. The average molecular weight is 263 g/mol. The van der Waals surface area contributed by atoms with Gasteiger partial charge in [0.1, 0.15) is 5.15 Å². The van der Waals surface area contributed by atoms with Crippen LogP contribution in [0.2, 0.25) is 5.15 Å². The Bertz CT molecular complexity index is 556. The summed E-state index contributed by atoms with van der Waals surface area (Å²) in [5.41, 5.74) is 3.88. The van der Waals surface area contributed by atoms with E-state index in [-0.39, 0.29) is 6.04 Å². The van der Waals surface area contributed by atoms with Crippen molar-refractivity contribution < 1.29 is 0 Å². The summed E-state index contributed by atoms with van der Waals surface area (Å²) < 4.78 is 0. The summed E-state index contributed by atoms with van der Waals surface area (Å²) in [6.45, 7) is 5.99. The lowest BCUT2D eigenvalue weighted by molar-refractivity contribution is 0.808. The Labute approximate surface area is 111 Å². The quantitative estimate of drug-likeness (QED) is 0.862. The van der Waals surface area contributed by atoms with Gasteiger partial charge >= 0.3 is 0 Å². The summed E-state index contributed by atoms with van der Waals surface area (Å²) in [6, 6.07) is 1.90. The smallest absolute Gasteiger partial charge is 0.129 e. The van der Waals surface area contributed by atoms with E-state index in [2.05, 4.69) is 20.3 Å². The van der Waals surface area contributed by atoms with Crippen LogP contribution in [-0.4, -0.2) is 15.0 Å². The summed E-state index contributed by atoms with van der Waals surface area (Å²) in [4.78, 5) is 12.7. The van der Waals surface area contributed by atoms with Crippen LogP contribution in [0.3, 0.4) is 0 Å². The molecule has 0 aliphatic heterocycles. The molecule has 2 aromatic heterocycles. The van der Waals surface area contributed by atoms with Gasteiger partial charge in [-0.3, -0.25) is 9.97 Å². The lowest BCUT2D eigenvalue weighted by Crippen LogP contribution is -2.12. The molecule has 5 heteroatoms. The van der Waals surface area contributed by atoms with Crippen LogP contribution >= 0.6 is 11.6 Å². The predicted octanol–water partition coefficient (Wildman–Crippen LogP) is 3.31. The van der Waals surface area contributed by atoms with Crippen molar-refractivity contribution >= 4 is 17.3 Å². The van der Waals surface area contributed by atoms with Gasteiger partial charge in [-0.2, -0.15) is 0 Å². The zero-order valence-corrected chi connectivity index (χ0v) is 11.4. The van der Waals surface area contributed by atoms with E-state index in [4.69, 9.17) is 11.6 Å². The van der Waals surface area contributed by atoms with Gasteiger partial charge in [0.2, 0.25) is 0 Å². The fraction of sp³-hybridized carbons (Fsp3) is 0.308. The minimum absolute atomic E-state index is 0.0698. The fourth-order valence-electron chi connectivity index (χ4n) is 1.82. The second kappa shape index (κ2) is 5.31. The number of pyridine rings is 1. The van der Waals surface area contributed by atoms with E-state index in [0.717, 1.165) is 22.6 Å². The van der Waals surface area contributed by atoms with Crippen LogP contribution in [0.15, 0.2) is 24.7 Å². The Hall–Kier alpha value is -1.68. The summed E-state index contributed by atoms with van der Waals surface area (Å²) in [7, 11) is 0. The zero-order valence-electron chi connectivity index (χ0n) is 10.6. The van der Waals surface area contributed by atoms with Crippen molar-refractivity contribution in [3.8, 4) is 0 Å². The molecule has 1 N–H and O–H groups in total. The predicted molar refractivity (Wildman–Crippen MR) is 72.8 cm³/mol. The first kappa shape index (κ1) is 12.8. The molecule has 0 fully saturated rings. The van der Waals surface area contributed by atoms with E-state index in [1.807, 2.05) is 26.8 Å². The highest BCUT2D eigenvalue weighted by atomic mass is 35.5. The normalized spacial score (nSPS) is 12.2. The lowest BCUT2D eigenvalue weighted by atomic mass is 10.1. The van der Waals surface area contributed by atoms with Crippen molar-refractivity contribution in [2.75, 3.05) is 5.32 Å². The summed E-state index contributed by atoms with van der Waals surface area (Å²) in [6.07, 6.45) is 5.13.